The van der Waals surface area contributed by atoms with Crippen LogP contribution in [0.4, 0.5) is 17.1 Å². The van der Waals surface area contributed by atoms with Crippen LogP contribution in [-0.2, 0) is 9.53 Å². The number of carbonyl (C=O) groups excluding carboxylic acids is 1. The van der Waals surface area contributed by atoms with Crippen LogP contribution in [0.1, 0.15) is 13.8 Å². The molecule has 2 rings (SSSR count). The molecule has 0 aliphatic carbocycles. The van der Waals surface area contributed by atoms with Crippen LogP contribution in [0.25, 0.3) is 0 Å². The summed E-state index contributed by atoms with van der Waals surface area (Å²) in [4.78, 5) is 23.4. The Morgan fingerprint density at radius 1 is 1.50 bits per heavy atom. The normalized spacial score (nSPS) is 16.1. The maximum Gasteiger partial charge on any atom is 0.294 e. The van der Waals surface area contributed by atoms with E-state index in [2.05, 4.69) is 5.32 Å². The van der Waals surface area contributed by atoms with Gasteiger partial charge in [-0.05, 0) is 19.1 Å². The summed E-state index contributed by atoms with van der Waals surface area (Å²) in [6, 6.07) is 4.70. The predicted octanol–water partition coefficient (Wildman–Crippen LogP) is 1.78. The highest BCUT2D eigenvalue weighted by Gasteiger charge is 2.35. The van der Waals surface area contributed by atoms with E-state index < -0.39 is 4.92 Å². The second kappa shape index (κ2) is 5.09. The fourth-order valence-corrected chi connectivity index (χ4v) is 1.97. The first-order valence-electron chi connectivity index (χ1n) is 6.21. The summed E-state index contributed by atoms with van der Waals surface area (Å²) in [7, 11) is 1.58. The zero-order valence-electron chi connectivity index (χ0n) is 11.7. The van der Waals surface area contributed by atoms with Gasteiger partial charge in [0, 0.05) is 20.0 Å². The number of anilines is 2. The first-order valence-corrected chi connectivity index (χ1v) is 6.21. The Hall–Kier alpha value is -2.15. The molecule has 1 saturated heterocycles. The molecule has 1 fully saturated rings. The van der Waals surface area contributed by atoms with Gasteiger partial charge >= 0.3 is 0 Å². The van der Waals surface area contributed by atoms with Crippen molar-refractivity contribution in [2.75, 3.05) is 30.5 Å². The van der Waals surface area contributed by atoms with Crippen LogP contribution in [0, 0.1) is 10.1 Å². The van der Waals surface area contributed by atoms with E-state index in [9.17, 15) is 14.9 Å². The van der Waals surface area contributed by atoms with Crippen LogP contribution >= 0.6 is 0 Å². The van der Waals surface area contributed by atoms with Crippen molar-refractivity contribution in [3.63, 3.8) is 0 Å². The molecule has 0 saturated carbocycles. The van der Waals surface area contributed by atoms with Crippen molar-refractivity contribution in [3.05, 3.63) is 28.3 Å². The number of hydrogen-bond donors (Lipinski definition) is 1. The smallest absolute Gasteiger partial charge is 0.294 e. The van der Waals surface area contributed by atoms with Crippen molar-refractivity contribution in [1.82, 2.24) is 0 Å². The van der Waals surface area contributed by atoms with Crippen molar-refractivity contribution in [2.45, 2.75) is 19.4 Å². The van der Waals surface area contributed by atoms with Crippen molar-refractivity contribution < 1.29 is 14.5 Å². The van der Waals surface area contributed by atoms with Crippen molar-refractivity contribution in [1.29, 1.82) is 0 Å². The highest BCUT2D eigenvalue weighted by molar-refractivity contribution is 5.91. The molecule has 0 aromatic heterocycles. The highest BCUT2D eigenvalue weighted by atomic mass is 16.6. The largest absolute Gasteiger partial charge is 0.376 e. The fraction of sp³-hybridized carbons (Fsp3) is 0.462. The first-order chi connectivity index (χ1) is 9.32. The number of benzene rings is 1. The number of carbonyl (C=O) groups is 1. The highest BCUT2D eigenvalue weighted by Crippen LogP contribution is 2.33. The number of ether oxygens (including phenoxy) is 1. The molecule has 7 nitrogen and oxygen atoms in total. The van der Waals surface area contributed by atoms with E-state index in [1.807, 2.05) is 6.92 Å². The van der Waals surface area contributed by atoms with Gasteiger partial charge in [-0.2, -0.15) is 0 Å². The van der Waals surface area contributed by atoms with Gasteiger partial charge in [0.05, 0.1) is 29.4 Å². The summed E-state index contributed by atoms with van der Waals surface area (Å²) < 4.78 is 5.12. The summed E-state index contributed by atoms with van der Waals surface area (Å²) in [6.07, 6.45) is 0. The number of nitrogens with one attached hydrogen (secondary N) is 1. The second-order valence-corrected chi connectivity index (χ2v) is 5.22. The molecule has 1 N–H and O–H groups in total. The van der Waals surface area contributed by atoms with Gasteiger partial charge in [0.1, 0.15) is 5.69 Å². The number of nitro groups is 1. The van der Waals surface area contributed by atoms with Gasteiger partial charge in [-0.15, -0.1) is 0 Å². The molecule has 7 heteroatoms. The van der Waals surface area contributed by atoms with Gasteiger partial charge < -0.3 is 15.0 Å². The molecule has 1 aromatic rings. The Balaban J connectivity index is 2.33. The van der Waals surface area contributed by atoms with E-state index in [1.54, 1.807) is 19.2 Å². The van der Waals surface area contributed by atoms with Crippen LogP contribution in [-0.4, -0.2) is 36.6 Å². The molecule has 1 aromatic carbocycles. The molecule has 1 aliphatic rings. The molecule has 0 bridgehead atoms. The standard InChI is InChI=1S/C13H17N3O4/c1-9(17)15(3)10-4-5-11(12(6-10)16(18)19)14-13(2)7-20-8-13/h4-6,14H,7-8H2,1-3H3. The molecule has 20 heavy (non-hydrogen) atoms. The van der Waals surface area contributed by atoms with E-state index in [4.69, 9.17) is 4.74 Å². The lowest BCUT2D eigenvalue weighted by Gasteiger charge is -2.39. The van der Waals surface area contributed by atoms with Crippen LogP contribution in [0.2, 0.25) is 0 Å². The van der Waals surface area contributed by atoms with Gasteiger partial charge in [-0.25, -0.2) is 0 Å². The van der Waals surface area contributed by atoms with Gasteiger partial charge in [-0.3, -0.25) is 14.9 Å². The Morgan fingerprint density at radius 3 is 2.60 bits per heavy atom. The fourth-order valence-electron chi connectivity index (χ4n) is 1.97. The molecule has 0 atom stereocenters. The molecule has 108 valence electrons. The lowest BCUT2D eigenvalue weighted by molar-refractivity contribution is -0.384. The van der Waals surface area contributed by atoms with Crippen molar-refractivity contribution >= 4 is 23.0 Å². The van der Waals surface area contributed by atoms with E-state index in [-0.39, 0.29) is 17.1 Å². The number of rotatable bonds is 4. The molecule has 0 spiro atoms. The second-order valence-electron chi connectivity index (χ2n) is 5.22. The number of nitrogens with zero attached hydrogens (tertiary/aromatic N) is 2. The molecular formula is C13H17N3O4. The zero-order valence-corrected chi connectivity index (χ0v) is 11.7. The average molecular weight is 279 g/mol. The lowest BCUT2D eigenvalue weighted by Crippen LogP contribution is -2.53. The van der Waals surface area contributed by atoms with Crippen LogP contribution in [0.3, 0.4) is 0 Å². The third-order valence-corrected chi connectivity index (χ3v) is 3.32. The van der Waals surface area contributed by atoms with Crippen molar-refractivity contribution in [3.8, 4) is 0 Å². The van der Waals surface area contributed by atoms with E-state index in [0.29, 0.717) is 24.6 Å². The molecule has 1 heterocycles. The van der Waals surface area contributed by atoms with Gasteiger partial charge in [-0.1, -0.05) is 0 Å². The number of amides is 1. The Kier molecular flexibility index (Phi) is 3.63. The maximum atomic E-state index is 11.3. The third-order valence-electron chi connectivity index (χ3n) is 3.32. The monoisotopic (exact) mass is 279 g/mol. The van der Waals surface area contributed by atoms with Gasteiger partial charge in [0.2, 0.25) is 5.91 Å². The first kappa shape index (κ1) is 14.3. The Labute approximate surface area is 116 Å². The molecule has 0 radical (unpaired) electrons. The van der Waals surface area contributed by atoms with Gasteiger partial charge in [0.25, 0.3) is 5.69 Å². The minimum atomic E-state index is -0.456. The minimum Gasteiger partial charge on any atom is -0.376 e. The molecule has 1 amide bonds. The Bertz CT molecular complexity index is 555. The van der Waals surface area contributed by atoms with E-state index >= 15 is 0 Å². The minimum absolute atomic E-state index is 0.0521. The summed E-state index contributed by atoms with van der Waals surface area (Å²) in [6.45, 7) is 4.37. The van der Waals surface area contributed by atoms with Crippen LogP contribution < -0.4 is 10.2 Å². The predicted molar refractivity (Wildman–Crippen MR) is 75.0 cm³/mol. The summed E-state index contributed by atoms with van der Waals surface area (Å²) >= 11 is 0. The molecule has 0 unspecified atom stereocenters. The van der Waals surface area contributed by atoms with Gasteiger partial charge in [0.15, 0.2) is 0 Å². The SMILES string of the molecule is CC(=O)N(C)c1ccc(NC2(C)COC2)c([N+](=O)[O-])c1. The topological polar surface area (TPSA) is 84.7 Å². The number of nitro benzene ring substituents is 1. The van der Waals surface area contributed by atoms with Crippen LogP contribution in [0.15, 0.2) is 18.2 Å². The zero-order chi connectivity index (χ0) is 14.9. The average Bonchev–Trinajstić information content (AvgIpc) is 2.36. The van der Waals surface area contributed by atoms with Crippen molar-refractivity contribution in [2.24, 2.45) is 0 Å². The third kappa shape index (κ3) is 2.72. The summed E-state index contributed by atoms with van der Waals surface area (Å²) in [5.74, 6) is -0.181. The number of hydrogen-bond acceptors (Lipinski definition) is 5. The maximum absolute atomic E-state index is 11.3. The lowest BCUT2D eigenvalue weighted by atomic mass is 10.00. The van der Waals surface area contributed by atoms with Crippen LogP contribution in [0.5, 0.6) is 0 Å². The van der Waals surface area contributed by atoms with E-state index in [1.165, 1.54) is 17.9 Å². The molecule has 1 aliphatic heterocycles. The van der Waals surface area contributed by atoms with E-state index in [0.717, 1.165) is 0 Å². The Morgan fingerprint density at radius 2 is 2.15 bits per heavy atom. The summed E-state index contributed by atoms with van der Waals surface area (Å²) in [5, 5.41) is 14.3. The molecular weight excluding hydrogens is 262 g/mol. The summed E-state index contributed by atoms with van der Waals surface area (Å²) in [5.41, 5.74) is 0.591. The quantitative estimate of drug-likeness (QED) is 0.670.